The Morgan fingerprint density at radius 2 is 2.00 bits per heavy atom. The lowest BCUT2D eigenvalue weighted by molar-refractivity contribution is 0.792. The van der Waals surface area contributed by atoms with E-state index in [0.717, 1.165) is 41.4 Å². The van der Waals surface area contributed by atoms with Gasteiger partial charge < -0.3 is 5.73 Å². The maximum atomic E-state index is 6.04. The summed E-state index contributed by atoms with van der Waals surface area (Å²) in [5.74, 6) is 1.82. The Morgan fingerprint density at radius 3 is 2.59 bits per heavy atom. The largest absolute Gasteiger partial charge is 0.397 e. The molecular weight excluding hydrogens is 212 g/mol. The lowest BCUT2D eigenvalue weighted by Gasteiger charge is -2.08. The molecule has 0 saturated carbocycles. The molecule has 0 aliphatic heterocycles. The minimum atomic E-state index is 0.743. The standard InChI is InChI=1S/C13H18N4/c1-4-12-15-13(5-2)17(16-12)11-7-6-9(3)8-10(11)14/h6-8H,4-5,14H2,1-3H3. The van der Waals surface area contributed by atoms with E-state index in [9.17, 15) is 0 Å². The normalized spacial score (nSPS) is 10.8. The molecular formula is C13H18N4. The fourth-order valence-electron chi connectivity index (χ4n) is 1.83. The lowest BCUT2D eigenvalue weighted by Crippen LogP contribution is -2.05. The molecule has 0 bridgehead atoms. The molecule has 2 aromatic rings. The first kappa shape index (κ1) is 11.6. The van der Waals surface area contributed by atoms with Crippen molar-refractivity contribution in [2.24, 2.45) is 0 Å². The van der Waals surface area contributed by atoms with E-state index in [0.29, 0.717) is 0 Å². The molecule has 0 aliphatic carbocycles. The number of hydrogen-bond acceptors (Lipinski definition) is 3. The van der Waals surface area contributed by atoms with Crippen LogP contribution in [0.1, 0.15) is 31.1 Å². The molecule has 1 heterocycles. The van der Waals surface area contributed by atoms with Crippen LogP contribution in [-0.2, 0) is 12.8 Å². The number of rotatable bonds is 3. The van der Waals surface area contributed by atoms with Crippen LogP contribution in [0.25, 0.3) is 5.69 Å². The molecule has 4 heteroatoms. The fraction of sp³-hybridized carbons (Fsp3) is 0.385. The molecule has 0 spiro atoms. The van der Waals surface area contributed by atoms with Gasteiger partial charge in [-0.25, -0.2) is 9.67 Å². The van der Waals surface area contributed by atoms with Gasteiger partial charge in [-0.2, -0.15) is 5.10 Å². The summed E-state index contributed by atoms with van der Waals surface area (Å²) in [4.78, 5) is 4.48. The fourth-order valence-corrected chi connectivity index (χ4v) is 1.83. The Hall–Kier alpha value is -1.84. The maximum absolute atomic E-state index is 6.04. The molecule has 0 unspecified atom stereocenters. The monoisotopic (exact) mass is 230 g/mol. The predicted octanol–water partition coefficient (Wildman–Crippen LogP) is 2.28. The molecule has 1 aromatic carbocycles. The summed E-state index contributed by atoms with van der Waals surface area (Å²) < 4.78 is 1.85. The van der Waals surface area contributed by atoms with Gasteiger partial charge in [-0.3, -0.25) is 0 Å². The van der Waals surface area contributed by atoms with Crippen molar-refractivity contribution in [3.05, 3.63) is 35.4 Å². The average molecular weight is 230 g/mol. The molecule has 90 valence electrons. The summed E-state index contributed by atoms with van der Waals surface area (Å²) in [6.45, 7) is 6.15. The van der Waals surface area contributed by atoms with E-state index in [4.69, 9.17) is 5.73 Å². The van der Waals surface area contributed by atoms with E-state index in [1.807, 2.05) is 29.8 Å². The van der Waals surface area contributed by atoms with Crippen LogP contribution in [0.2, 0.25) is 0 Å². The summed E-state index contributed by atoms with van der Waals surface area (Å²) in [5.41, 5.74) is 8.85. The summed E-state index contributed by atoms with van der Waals surface area (Å²) in [5, 5.41) is 4.49. The van der Waals surface area contributed by atoms with Crippen LogP contribution in [0.5, 0.6) is 0 Å². The van der Waals surface area contributed by atoms with Crippen molar-refractivity contribution in [2.75, 3.05) is 5.73 Å². The molecule has 0 fully saturated rings. The Labute approximate surface area is 101 Å². The zero-order chi connectivity index (χ0) is 12.4. The highest BCUT2D eigenvalue weighted by Crippen LogP contribution is 2.19. The van der Waals surface area contributed by atoms with Crippen LogP contribution < -0.4 is 5.73 Å². The first-order valence-corrected chi connectivity index (χ1v) is 5.97. The Bertz CT molecular complexity index is 528. The third kappa shape index (κ3) is 2.16. The minimum Gasteiger partial charge on any atom is -0.397 e. The first-order chi connectivity index (χ1) is 8.15. The number of hydrogen-bond donors (Lipinski definition) is 1. The number of aromatic nitrogens is 3. The second kappa shape index (κ2) is 4.57. The number of nitrogens with two attached hydrogens (primary N) is 1. The third-order valence-corrected chi connectivity index (χ3v) is 2.76. The van der Waals surface area contributed by atoms with Crippen LogP contribution >= 0.6 is 0 Å². The van der Waals surface area contributed by atoms with Gasteiger partial charge in [-0.15, -0.1) is 0 Å². The van der Waals surface area contributed by atoms with E-state index in [1.165, 1.54) is 0 Å². The molecule has 0 saturated heterocycles. The summed E-state index contributed by atoms with van der Waals surface area (Å²) in [6, 6.07) is 6.00. The smallest absolute Gasteiger partial charge is 0.151 e. The topological polar surface area (TPSA) is 56.7 Å². The summed E-state index contributed by atoms with van der Waals surface area (Å²) in [7, 11) is 0. The number of nitrogens with zero attached hydrogens (tertiary/aromatic N) is 3. The Kier molecular flexibility index (Phi) is 3.13. The van der Waals surface area contributed by atoms with Crippen molar-refractivity contribution in [1.29, 1.82) is 0 Å². The molecule has 0 radical (unpaired) electrons. The zero-order valence-corrected chi connectivity index (χ0v) is 10.6. The third-order valence-electron chi connectivity index (χ3n) is 2.76. The summed E-state index contributed by atoms with van der Waals surface area (Å²) >= 11 is 0. The number of aryl methyl sites for hydroxylation is 3. The molecule has 17 heavy (non-hydrogen) atoms. The average Bonchev–Trinajstić information content (AvgIpc) is 2.72. The predicted molar refractivity (Wildman–Crippen MR) is 69.3 cm³/mol. The van der Waals surface area contributed by atoms with Crippen molar-refractivity contribution in [3.63, 3.8) is 0 Å². The molecule has 2 rings (SSSR count). The second-order valence-corrected chi connectivity index (χ2v) is 4.13. The number of anilines is 1. The van der Waals surface area contributed by atoms with Gasteiger partial charge in [0.05, 0.1) is 11.4 Å². The highest BCUT2D eigenvalue weighted by atomic mass is 15.4. The van der Waals surface area contributed by atoms with E-state index in [1.54, 1.807) is 0 Å². The van der Waals surface area contributed by atoms with Gasteiger partial charge in [0.2, 0.25) is 0 Å². The van der Waals surface area contributed by atoms with Crippen LogP contribution in [0.4, 0.5) is 5.69 Å². The second-order valence-electron chi connectivity index (χ2n) is 4.13. The molecule has 1 aromatic heterocycles. The number of nitrogen functional groups attached to an aromatic ring is 1. The van der Waals surface area contributed by atoms with Crippen LogP contribution in [-0.4, -0.2) is 14.8 Å². The Morgan fingerprint density at radius 1 is 1.24 bits per heavy atom. The van der Waals surface area contributed by atoms with E-state index >= 15 is 0 Å². The van der Waals surface area contributed by atoms with Crippen molar-refractivity contribution in [3.8, 4) is 5.69 Å². The SMILES string of the molecule is CCc1nc(CC)n(-c2ccc(C)cc2N)n1. The maximum Gasteiger partial charge on any atom is 0.151 e. The molecule has 4 nitrogen and oxygen atoms in total. The highest BCUT2D eigenvalue weighted by Gasteiger charge is 2.11. The van der Waals surface area contributed by atoms with Crippen molar-refractivity contribution >= 4 is 5.69 Å². The van der Waals surface area contributed by atoms with E-state index in [-0.39, 0.29) is 0 Å². The zero-order valence-electron chi connectivity index (χ0n) is 10.6. The number of benzene rings is 1. The van der Waals surface area contributed by atoms with Gasteiger partial charge in [-0.05, 0) is 24.6 Å². The van der Waals surface area contributed by atoms with Crippen LogP contribution in [0.3, 0.4) is 0 Å². The van der Waals surface area contributed by atoms with Gasteiger partial charge in [0.1, 0.15) is 5.82 Å². The highest BCUT2D eigenvalue weighted by molar-refractivity contribution is 5.58. The van der Waals surface area contributed by atoms with Crippen molar-refractivity contribution in [1.82, 2.24) is 14.8 Å². The Balaban J connectivity index is 2.55. The summed E-state index contributed by atoms with van der Waals surface area (Å²) in [6.07, 6.45) is 1.69. The van der Waals surface area contributed by atoms with Gasteiger partial charge >= 0.3 is 0 Å². The van der Waals surface area contributed by atoms with Gasteiger partial charge in [0.15, 0.2) is 5.82 Å². The molecule has 2 N–H and O–H groups in total. The van der Waals surface area contributed by atoms with Gasteiger partial charge in [-0.1, -0.05) is 19.9 Å². The molecule has 0 aliphatic rings. The van der Waals surface area contributed by atoms with Crippen molar-refractivity contribution in [2.45, 2.75) is 33.6 Å². The van der Waals surface area contributed by atoms with Crippen LogP contribution in [0, 0.1) is 6.92 Å². The van der Waals surface area contributed by atoms with Crippen LogP contribution in [0.15, 0.2) is 18.2 Å². The lowest BCUT2D eigenvalue weighted by atomic mass is 10.2. The van der Waals surface area contributed by atoms with E-state index < -0.39 is 0 Å². The van der Waals surface area contributed by atoms with Gasteiger partial charge in [0.25, 0.3) is 0 Å². The van der Waals surface area contributed by atoms with E-state index in [2.05, 4.69) is 23.9 Å². The minimum absolute atomic E-state index is 0.743. The quantitative estimate of drug-likeness (QED) is 0.823. The van der Waals surface area contributed by atoms with Gasteiger partial charge in [0, 0.05) is 12.8 Å². The molecule has 0 atom stereocenters. The first-order valence-electron chi connectivity index (χ1n) is 5.97. The van der Waals surface area contributed by atoms with Crippen molar-refractivity contribution < 1.29 is 0 Å². The molecule has 0 amide bonds.